The van der Waals surface area contributed by atoms with Crippen LogP contribution < -0.4 is 14.8 Å². The van der Waals surface area contributed by atoms with Crippen LogP contribution in [0.25, 0.3) is 0 Å². The Hall–Kier alpha value is -2.22. The highest BCUT2D eigenvalue weighted by Crippen LogP contribution is 2.32. The first-order chi connectivity index (χ1) is 14.3. The monoisotopic (exact) mass is 395 g/mol. The first kappa shape index (κ1) is 18.8. The van der Waals surface area contributed by atoms with Crippen LogP contribution in [0.5, 0.6) is 11.5 Å². The van der Waals surface area contributed by atoms with E-state index in [1.54, 1.807) is 0 Å². The molecule has 3 aliphatic rings. The van der Waals surface area contributed by atoms with Crippen molar-refractivity contribution in [3.8, 4) is 11.5 Å². The molecule has 1 aromatic heterocycles. The van der Waals surface area contributed by atoms with Crippen molar-refractivity contribution in [2.45, 2.75) is 31.8 Å². The molecule has 2 saturated heterocycles. The molecule has 154 valence electrons. The normalized spacial score (nSPS) is 20.8. The summed E-state index contributed by atoms with van der Waals surface area (Å²) in [5, 5.41) is 12.4. The van der Waals surface area contributed by atoms with Crippen LogP contribution in [0.4, 0.5) is 0 Å². The molecule has 1 aromatic carbocycles. The summed E-state index contributed by atoms with van der Waals surface area (Å²) in [4.78, 5) is 5.18. The number of piperidine rings is 1. The van der Waals surface area contributed by atoms with Crippen molar-refractivity contribution >= 4 is 0 Å². The molecule has 0 unspecified atom stereocenters. The smallest absolute Gasteiger partial charge is 0.231 e. The van der Waals surface area contributed by atoms with E-state index in [2.05, 4.69) is 43.5 Å². The zero-order valence-corrected chi connectivity index (χ0v) is 16.8. The maximum Gasteiger partial charge on any atom is 0.231 e. The molecule has 4 heterocycles. The van der Waals surface area contributed by atoms with E-state index in [4.69, 9.17) is 9.47 Å². The van der Waals surface area contributed by atoms with Crippen LogP contribution in [0.1, 0.15) is 29.8 Å². The second-order valence-corrected chi connectivity index (χ2v) is 8.17. The fraction of sp³-hybridized carbons (Fsp3) is 0.545. The van der Waals surface area contributed by atoms with Gasteiger partial charge in [-0.05, 0) is 55.8 Å². The van der Waals surface area contributed by atoms with Crippen molar-refractivity contribution < 1.29 is 9.47 Å². The van der Waals surface area contributed by atoms with Gasteiger partial charge < -0.3 is 14.8 Å². The Morgan fingerprint density at radius 2 is 1.66 bits per heavy atom. The zero-order valence-electron chi connectivity index (χ0n) is 16.8. The predicted molar refractivity (Wildman–Crippen MR) is 110 cm³/mol. The van der Waals surface area contributed by atoms with E-state index in [-0.39, 0.29) is 0 Å². The molecule has 0 spiro atoms. The Morgan fingerprint density at radius 1 is 0.897 bits per heavy atom. The molecular formula is C22H29N5O2. The number of hydrogen-bond donors (Lipinski definition) is 1. The van der Waals surface area contributed by atoms with Crippen molar-refractivity contribution in [2.24, 2.45) is 0 Å². The van der Waals surface area contributed by atoms with Crippen LogP contribution >= 0.6 is 0 Å². The molecule has 29 heavy (non-hydrogen) atoms. The number of nitrogens with zero attached hydrogens (tertiary/aromatic N) is 4. The summed E-state index contributed by atoms with van der Waals surface area (Å²) in [5.41, 5.74) is 3.18. The third kappa shape index (κ3) is 4.52. The topological polar surface area (TPSA) is 62.8 Å². The van der Waals surface area contributed by atoms with Gasteiger partial charge in [-0.25, -0.2) is 0 Å². The van der Waals surface area contributed by atoms with E-state index in [1.165, 1.54) is 39.0 Å². The number of nitrogens with one attached hydrogen (secondary N) is 1. The quantitative estimate of drug-likeness (QED) is 0.826. The number of rotatable bonds is 5. The van der Waals surface area contributed by atoms with Crippen molar-refractivity contribution in [2.75, 3.05) is 46.1 Å². The minimum atomic E-state index is 0.305. The minimum absolute atomic E-state index is 0.305. The molecule has 7 heteroatoms. The number of ether oxygens (including phenoxy) is 2. The van der Waals surface area contributed by atoms with Crippen molar-refractivity contribution in [1.82, 2.24) is 25.3 Å². The maximum absolute atomic E-state index is 5.46. The lowest BCUT2D eigenvalue weighted by Gasteiger charge is -2.40. The molecule has 0 amide bonds. The van der Waals surface area contributed by atoms with Crippen LogP contribution in [-0.2, 0) is 13.0 Å². The molecular weight excluding hydrogens is 366 g/mol. The molecule has 3 aliphatic heterocycles. The Balaban J connectivity index is 1.12. The molecule has 0 atom stereocenters. The Kier molecular flexibility index (Phi) is 5.60. The van der Waals surface area contributed by atoms with Gasteiger partial charge in [-0.2, -0.15) is 10.2 Å². The van der Waals surface area contributed by atoms with E-state index in [0.717, 1.165) is 60.5 Å². The second kappa shape index (κ2) is 8.65. The SMILES string of the molecule is c1cc2c(cc1Cc1ccc(CN3CCN(C4CCNCC4)CC3)nn1)OCO2. The zero-order chi connectivity index (χ0) is 19.5. The summed E-state index contributed by atoms with van der Waals surface area (Å²) >= 11 is 0. The van der Waals surface area contributed by atoms with Crippen LogP contribution in [0.3, 0.4) is 0 Å². The highest BCUT2D eigenvalue weighted by Gasteiger charge is 2.25. The number of fused-ring (bicyclic) bond motifs is 1. The molecule has 0 bridgehead atoms. The van der Waals surface area contributed by atoms with Crippen molar-refractivity contribution in [1.29, 1.82) is 0 Å². The summed E-state index contributed by atoms with van der Waals surface area (Å²) < 4.78 is 10.8. The predicted octanol–water partition coefficient (Wildman–Crippen LogP) is 1.67. The fourth-order valence-electron chi connectivity index (χ4n) is 4.51. The minimum Gasteiger partial charge on any atom is -0.454 e. The van der Waals surface area contributed by atoms with Gasteiger partial charge in [0.1, 0.15) is 0 Å². The summed E-state index contributed by atoms with van der Waals surface area (Å²) in [6.45, 7) is 8.09. The van der Waals surface area contributed by atoms with Gasteiger partial charge in [-0.15, -0.1) is 0 Å². The second-order valence-electron chi connectivity index (χ2n) is 8.17. The third-order valence-electron chi connectivity index (χ3n) is 6.21. The van der Waals surface area contributed by atoms with Gasteiger partial charge in [-0.3, -0.25) is 9.80 Å². The van der Waals surface area contributed by atoms with Gasteiger partial charge in [-0.1, -0.05) is 6.07 Å². The highest BCUT2D eigenvalue weighted by molar-refractivity contribution is 5.45. The highest BCUT2D eigenvalue weighted by atomic mass is 16.7. The molecule has 2 aromatic rings. The summed E-state index contributed by atoms with van der Waals surface area (Å²) in [7, 11) is 0. The van der Waals surface area contributed by atoms with Crippen molar-refractivity contribution in [3.63, 3.8) is 0 Å². The Morgan fingerprint density at radius 3 is 2.45 bits per heavy atom. The molecule has 7 nitrogen and oxygen atoms in total. The first-order valence-electron chi connectivity index (χ1n) is 10.7. The average molecular weight is 396 g/mol. The fourth-order valence-corrected chi connectivity index (χ4v) is 4.51. The lowest BCUT2D eigenvalue weighted by molar-refractivity contribution is 0.0776. The summed E-state index contributed by atoms with van der Waals surface area (Å²) in [6, 6.07) is 11.0. The van der Waals surface area contributed by atoms with Gasteiger partial charge in [0.2, 0.25) is 6.79 Å². The molecule has 0 saturated carbocycles. The van der Waals surface area contributed by atoms with Crippen LogP contribution in [-0.4, -0.2) is 72.1 Å². The molecule has 0 radical (unpaired) electrons. The Labute approximate surface area is 172 Å². The van der Waals surface area contributed by atoms with Crippen LogP contribution in [0, 0.1) is 0 Å². The average Bonchev–Trinajstić information content (AvgIpc) is 3.24. The molecule has 0 aliphatic carbocycles. The van der Waals surface area contributed by atoms with Gasteiger partial charge in [0.25, 0.3) is 0 Å². The van der Waals surface area contributed by atoms with E-state index >= 15 is 0 Å². The lowest BCUT2D eigenvalue weighted by atomic mass is 10.0. The maximum atomic E-state index is 5.46. The number of aromatic nitrogens is 2. The number of piperazine rings is 1. The van der Waals surface area contributed by atoms with Gasteiger partial charge in [0, 0.05) is 45.2 Å². The number of hydrogen-bond acceptors (Lipinski definition) is 7. The van der Waals surface area contributed by atoms with Crippen LogP contribution in [0.15, 0.2) is 30.3 Å². The third-order valence-corrected chi connectivity index (χ3v) is 6.21. The van der Waals surface area contributed by atoms with Gasteiger partial charge in [0.05, 0.1) is 11.4 Å². The van der Waals surface area contributed by atoms with Crippen molar-refractivity contribution in [3.05, 3.63) is 47.3 Å². The molecule has 2 fully saturated rings. The van der Waals surface area contributed by atoms with Gasteiger partial charge >= 0.3 is 0 Å². The standard InChI is InChI=1S/C22H29N5O2/c1-4-21-22(29-16-28-21)14-17(1)13-18-2-3-19(25-24-18)15-26-9-11-27(12-10-26)20-5-7-23-8-6-20/h1-4,14,20,23H,5-13,15-16H2. The Bertz CT molecular complexity index is 814. The summed E-state index contributed by atoms with van der Waals surface area (Å²) in [5.74, 6) is 1.63. The van der Waals surface area contributed by atoms with E-state index in [9.17, 15) is 0 Å². The van der Waals surface area contributed by atoms with E-state index in [1.807, 2.05) is 12.1 Å². The van der Waals surface area contributed by atoms with E-state index in [0.29, 0.717) is 6.79 Å². The first-order valence-corrected chi connectivity index (χ1v) is 10.7. The van der Waals surface area contributed by atoms with Gasteiger partial charge in [0.15, 0.2) is 11.5 Å². The summed E-state index contributed by atoms with van der Waals surface area (Å²) in [6.07, 6.45) is 3.32. The lowest BCUT2D eigenvalue weighted by Crippen LogP contribution is -2.52. The largest absolute Gasteiger partial charge is 0.454 e. The van der Waals surface area contributed by atoms with E-state index < -0.39 is 0 Å². The number of benzene rings is 1. The van der Waals surface area contributed by atoms with Crippen LogP contribution in [0.2, 0.25) is 0 Å². The molecule has 5 rings (SSSR count). The molecule has 1 N–H and O–H groups in total.